The highest BCUT2D eigenvalue weighted by molar-refractivity contribution is 7.17. The minimum Gasteiger partial charge on any atom is -0.365 e. The fourth-order valence-electron chi connectivity index (χ4n) is 2.75. The van der Waals surface area contributed by atoms with E-state index in [1.165, 1.54) is 11.3 Å². The van der Waals surface area contributed by atoms with Gasteiger partial charge in [0.05, 0.1) is 17.2 Å². The Balaban J connectivity index is 1.90. The van der Waals surface area contributed by atoms with E-state index in [1.807, 2.05) is 13.1 Å². The predicted molar refractivity (Wildman–Crippen MR) is 92.0 cm³/mol. The van der Waals surface area contributed by atoms with Gasteiger partial charge < -0.3 is 16.0 Å². The molecule has 24 heavy (non-hydrogen) atoms. The molecule has 0 radical (unpaired) electrons. The van der Waals surface area contributed by atoms with E-state index >= 15 is 0 Å². The van der Waals surface area contributed by atoms with E-state index in [4.69, 9.17) is 11.0 Å². The summed E-state index contributed by atoms with van der Waals surface area (Å²) in [5.41, 5.74) is 7.81. The molecule has 2 heterocycles. The van der Waals surface area contributed by atoms with Crippen molar-refractivity contribution in [1.29, 1.82) is 5.26 Å². The van der Waals surface area contributed by atoms with Crippen LogP contribution in [0.2, 0.25) is 0 Å². The van der Waals surface area contributed by atoms with Crippen LogP contribution < -0.4 is 11.1 Å². The smallest absolute Gasteiger partial charge is 0.256 e. The second-order valence-electron chi connectivity index (χ2n) is 5.70. The Kier molecular flexibility index (Phi) is 4.34. The van der Waals surface area contributed by atoms with Crippen molar-refractivity contribution >= 4 is 28.2 Å². The maximum absolute atomic E-state index is 12.4. The van der Waals surface area contributed by atoms with Gasteiger partial charge >= 0.3 is 0 Å². The average Bonchev–Trinajstić information content (AvgIpc) is 2.91. The van der Waals surface area contributed by atoms with Crippen molar-refractivity contribution in [3.05, 3.63) is 51.4 Å². The first kappa shape index (κ1) is 16.2. The molecule has 2 aromatic rings. The van der Waals surface area contributed by atoms with Crippen LogP contribution in [0.25, 0.3) is 0 Å². The SMILES string of the molecule is CN1CCc2c(sc(NC(=O)c3ccc(C#N)cc3)c2C(N)=O)C1. The van der Waals surface area contributed by atoms with Gasteiger partial charge in [0.1, 0.15) is 5.00 Å². The van der Waals surface area contributed by atoms with Gasteiger partial charge in [-0.3, -0.25) is 9.59 Å². The van der Waals surface area contributed by atoms with E-state index in [0.29, 0.717) is 21.7 Å². The van der Waals surface area contributed by atoms with E-state index in [-0.39, 0.29) is 5.91 Å². The van der Waals surface area contributed by atoms with Crippen LogP contribution in [-0.4, -0.2) is 30.3 Å². The molecule has 1 aromatic carbocycles. The molecule has 1 aliphatic rings. The lowest BCUT2D eigenvalue weighted by molar-refractivity contribution is 0.1000. The van der Waals surface area contributed by atoms with Gasteiger partial charge in [-0.1, -0.05) is 0 Å². The number of nitriles is 1. The number of rotatable bonds is 3. The van der Waals surface area contributed by atoms with Crippen LogP contribution in [-0.2, 0) is 13.0 Å². The number of nitrogens with two attached hydrogens (primary N) is 1. The van der Waals surface area contributed by atoms with Crippen molar-refractivity contribution < 1.29 is 9.59 Å². The van der Waals surface area contributed by atoms with Crippen LogP contribution in [0.5, 0.6) is 0 Å². The molecule has 1 aliphatic heterocycles. The molecule has 0 aliphatic carbocycles. The molecule has 1 aromatic heterocycles. The summed E-state index contributed by atoms with van der Waals surface area (Å²) in [7, 11) is 2.02. The van der Waals surface area contributed by atoms with Gasteiger partial charge in [0, 0.05) is 23.5 Å². The van der Waals surface area contributed by atoms with Gasteiger partial charge in [-0.2, -0.15) is 5.26 Å². The van der Waals surface area contributed by atoms with Crippen LogP contribution >= 0.6 is 11.3 Å². The molecule has 122 valence electrons. The Morgan fingerprint density at radius 1 is 1.33 bits per heavy atom. The minimum atomic E-state index is -0.521. The van der Waals surface area contributed by atoms with Gasteiger partial charge in [-0.05, 0) is 43.3 Å². The number of nitrogens with one attached hydrogen (secondary N) is 1. The number of hydrogen-bond donors (Lipinski definition) is 2. The van der Waals surface area contributed by atoms with Crippen LogP contribution in [0.15, 0.2) is 24.3 Å². The monoisotopic (exact) mass is 340 g/mol. The molecule has 0 saturated carbocycles. The fraction of sp³-hybridized carbons (Fsp3) is 0.235. The number of carbonyl (C=O) groups excluding carboxylic acids is 2. The number of amides is 2. The lowest BCUT2D eigenvalue weighted by Gasteiger charge is -2.22. The van der Waals surface area contributed by atoms with E-state index in [9.17, 15) is 9.59 Å². The van der Waals surface area contributed by atoms with Gasteiger partial charge in [0.25, 0.3) is 11.8 Å². The lowest BCUT2D eigenvalue weighted by Crippen LogP contribution is -2.27. The molecule has 0 unspecified atom stereocenters. The average molecular weight is 340 g/mol. The summed E-state index contributed by atoms with van der Waals surface area (Å²) >= 11 is 1.40. The van der Waals surface area contributed by atoms with Crippen molar-refractivity contribution in [2.45, 2.75) is 13.0 Å². The number of likely N-dealkylation sites (N-methyl/N-ethyl adjacent to an activating group) is 1. The number of primary amides is 1. The number of thiophene rings is 1. The van der Waals surface area contributed by atoms with Crippen molar-refractivity contribution in [3.8, 4) is 6.07 Å². The standard InChI is InChI=1S/C17H16N4O2S/c1-21-7-6-12-13(9-21)24-17(14(12)15(19)22)20-16(23)11-4-2-10(8-18)3-5-11/h2-5H,6-7,9H2,1H3,(H2,19,22)(H,20,23). The Morgan fingerprint density at radius 3 is 2.67 bits per heavy atom. The third kappa shape index (κ3) is 3.02. The second-order valence-corrected chi connectivity index (χ2v) is 6.81. The highest BCUT2D eigenvalue weighted by atomic mass is 32.1. The first-order valence-electron chi connectivity index (χ1n) is 7.44. The first-order valence-corrected chi connectivity index (χ1v) is 8.25. The Hall–Kier alpha value is -2.69. The second kappa shape index (κ2) is 6.43. The van der Waals surface area contributed by atoms with Crippen LogP contribution in [0.3, 0.4) is 0 Å². The van der Waals surface area contributed by atoms with Crippen LogP contribution in [0.1, 0.15) is 36.7 Å². The predicted octanol–water partition coefficient (Wildman–Crippen LogP) is 1.96. The van der Waals surface area contributed by atoms with E-state index in [0.717, 1.165) is 30.0 Å². The maximum Gasteiger partial charge on any atom is 0.256 e. The van der Waals surface area contributed by atoms with Crippen LogP contribution in [0.4, 0.5) is 5.00 Å². The number of benzene rings is 1. The minimum absolute atomic E-state index is 0.325. The molecule has 2 amide bonds. The van der Waals surface area contributed by atoms with Crippen molar-refractivity contribution in [2.75, 3.05) is 18.9 Å². The van der Waals surface area contributed by atoms with Gasteiger partial charge in [0.15, 0.2) is 0 Å². The third-order valence-corrected chi connectivity index (χ3v) is 5.13. The lowest BCUT2D eigenvalue weighted by atomic mass is 10.0. The fourth-order valence-corrected chi connectivity index (χ4v) is 4.08. The van der Waals surface area contributed by atoms with Gasteiger partial charge in [0.2, 0.25) is 0 Å². The zero-order valence-electron chi connectivity index (χ0n) is 13.1. The molecule has 0 atom stereocenters. The molecule has 0 saturated heterocycles. The summed E-state index contributed by atoms with van der Waals surface area (Å²) in [6.45, 7) is 1.60. The molecule has 0 bridgehead atoms. The third-order valence-electron chi connectivity index (χ3n) is 4.00. The number of anilines is 1. The molecule has 3 rings (SSSR count). The van der Waals surface area contributed by atoms with Crippen molar-refractivity contribution in [1.82, 2.24) is 4.90 Å². The largest absolute Gasteiger partial charge is 0.365 e. The Bertz CT molecular complexity index is 849. The molecular formula is C17H16N4O2S. The number of nitrogens with zero attached hydrogens (tertiary/aromatic N) is 2. The molecule has 0 spiro atoms. The maximum atomic E-state index is 12.4. The molecule has 0 fully saturated rings. The molecule has 3 N–H and O–H groups in total. The zero-order chi connectivity index (χ0) is 17.3. The highest BCUT2D eigenvalue weighted by Gasteiger charge is 2.26. The summed E-state index contributed by atoms with van der Waals surface area (Å²) < 4.78 is 0. The summed E-state index contributed by atoms with van der Waals surface area (Å²) in [4.78, 5) is 27.5. The number of carbonyl (C=O) groups is 2. The summed E-state index contributed by atoms with van der Waals surface area (Å²) in [5, 5.41) is 12.1. The van der Waals surface area contributed by atoms with Crippen molar-refractivity contribution in [2.24, 2.45) is 5.73 Å². The number of fused-ring (bicyclic) bond motifs is 1. The van der Waals surface area contributed by atoms with E-state index in [2.05, 4.69) is 10.2 Å². The van der Waals surface area contributed by atoms with Crippen LogP contribution in [0, 0.1) is 11.3 Å². The normalized spacial score (nSPS) is 13.8. The van der Waals surface area contributed by atoms with E-state index < -0.39 is 5.91 Å². The molecular weight excluding hydrogens is 324 g/mol. The summed E-state index contributed by atoms with van der Waals surface area (Å²) in [6.07, 6.45) is 0.743. The summed E-state index contributed by atoms with van der Waals surface area (Å²) in [5.74, 6) is -0.846. The topological polar surface area (TPSA) is 99.2 Å². The zero-order valence-corrected chi connectivity index (χ0v) is 13.9. The van der Waals surface area contributed by atoms with Crippen molar-refractivity contribution in [3.63, 3.8) is 0 Å². The number of hydrogen-bond acceptors (Lipinski definition) is 5. The van der Waals surface area contributed by atoms with Gasteiger partial charge in [-0.15, -0.1) is 11.3 Å². The Labute approximate surface area is 143 Å². The Morgan fingerprint density at radius 2 is 2.04 bits per heavy atom. The highest BCUT2D eigenvalue weighted by Crippen LogP contribution is 2.36. The quantitative estimate of drug-likeness (QED) is 0.892. The van der Waals surface area contributed by atoms with E-state index in [1.54, 1.807) is 24.3 Å². The molecule has 6 nitrogen and oxygen atoms in total. The molecule has 7 heteroatoms. The first-order chi connectivity index (χ1) is 11.5. The summed E-state index contributed by atoms with van der Waals surface area (Å²) in [6, 6.07) is 8.34. The van der Waals surface area contributed by atoms with Gasteiger partial charge in [-0.25, -0.2) is 0 Å².